The van der Waals surface area contributed by atoms with E-state index >= 15 is 0 Å². The van der Waals surface area contributed by atoms with Crippen molar-refractivity contribution in [3.05, 3.63) is 45.3 Å². The second-order valence-corrected chi connectivity index (χ2v) is 5.89. The van der Waals surface area contributed by atoms with Crippen LogP contribution in [-0.2, 0) is 0 Å². The van der Waals surface area contributed by atoms with Crippen LogP contribution in [-0.4, -0.2) is 19.6 Å². The maximum absolute atomic E-state index is 11.4. The van der Waals surface area contributed by atoms with E-state index in [0.29, 0.717) is 17.4 Å². The molecule has 0 amide bonds. The minimum Gasteiger partial charge on any atom is -0.362 e. The number of hydrogen-bond acceptors (Lipinski definition) is 5. The van der Waals surface area contributed by atoms with Crippen LogP contribution in [0.15, 0.2) is 34.7 Å². The van der Waals surface area contributed by atoms with Crippen LogP contribution in [0.1, 0.15) is 24.8 Å². The molecule has 0 aromatic carbocycles. The summed E-state index contributed by atoms with van der Waals surface area (Å²) in [6.07, 6.45) is 1.48. The Kier molecular flexibility index (Phi) is 3.27. The lowest BCUT2D eigenvalue weighted by Crippen LogP contribution is -2.17. The van der Waals surface area contributed by atoms with Crippen LogP contribution in [0.5, 0.6) is 0 Å². The van der Waals surface area contributed by atoms with Gasteiger partial charge in [-0.05, 0) is 17.4 Å². The van der Waals surface area contributed by atoms with Crippen LogP contribution < -0.4 is 11.0 Å². The normalized spacial score (nSPS) is 12.9. The zero-order valence-electron chi connectivity index (χ0n) is 11.2. The van der Waals surface area contributed by atoms with Gasteiger partial charge in [-0.1, -0.05) is 19.9 Å². The van der Waals surface area contributed by atoms with Gasteiger partial charge < -0.3 is 5.32 Å². The smallest absolute Gasteiger partial charge is 0.348 e. The van der Waals surface area contributed by atoms with Gasteiger partial charge in [0.2, 0.25) is 0 Å². The number of fused-ring (bicyclic) bond motifs is 1. The van der Waals surface area contributed by atoms with Crippen LogP contribution in [0.25, 0.3) is 5.65 Å². The van der Waals surface area contributed by atoms with Crippen molar-refractivity contribution in [1.29, 1.82) is 0 Å². The molecule has 0 saturated carbocycles. The van der Waals surface area contributed by atoms with E-state index in [2.05, 4.69) is 45.8 Å². The van der Waals surface area contributed by atoms with Crippen LogP contribution in [0.2, 0.25) is 0 Å². The fourth-order valence-electron chi connectivity index (χ4n) is 2.08. The molecule has 104 valence electrons. The summed E-state index contributed by atoms with van der Waals surface area (Å²) in [5, 5.41) is 11.8. The molecule has 2 N–H and O–H groups in total. The molecule has 3 heterocycles. The summed E-state index contributed by atoms with van der Waals surface area (Å²) in [7, 11) is 0. The van der Waals surface area contributed by atoms with E-state index in [9.17, 15) is 4.79 Å². The number of nitrogens with one attached hydrogen (secondary N) is 2. The highest BCUT2D eigenvalue weighted by atomic mass is 32.1. The molecule has 3 aromatic heterocycles. The van der Waals surface area contributed by atoms with Crippen LogP contribution in [0.4, 0.5) is 5.82 Å². The molecule has 20 heavy (non-hydrogen) atoms. The van der Waals surface area contributed by atoms with E-state index in [4.69, 9.17) is 0 Å². The highest BCUT2D eigenvalue weighted by Gasteiger charge is 2.17. The SMILES string of the molecule is CC(C)C(Nc1cc2n[nH]c(=O)n2cn1)c1cccs1. The lowest BCUT2D eigenvalue weighted by molar-refractivity contribution is 0.552. The molecule has 3 aromatic rings. The average molecular weight is 289 g/mol. The van der Waals surface area contributed by atoms with Gasteiger partial charge in [0.25, 0.3) is 0 Å². The van der Waals surface area contributed by atoms with Gasteiger partial charge in [-0.2, -0.15) is 5.10 Å². The van der Waals surface area contributed by atoms with Crippen molar-refractivity contribution in [2.75, 3.05) is 5.32 Å². The Hall–Kier alpha value is -2.15. The largest absolute Gasteiger partial charge is 0.362 e. The molecule has 0 bridgehead atoms. The summed E-state index contributed by atoms with van der Waals surface area (Å²) in [5.74, 6) is 1.14. The Morgan fingerprint density at radius 3 is 3.00 bits per heavy atom. The first-order valence-corrected chi connectivity index (χ1v) is 7.26. The summed E-state index contributed by atoms with van der Waals surface area (Å²) in [5.41, 5.74) is 0.277. The summed E-state index contributed by atoms with van der Waals surface area (Å²) < 4.78 is 1.38. The molecule has 6 nitrogen and oxygen atoms in total. The molecule has 1 unspecified atom stereocenters. The Balaban J connectivity index is 1.92. The summed E-state index contributed by atoms with van der Waals surface area (Å²) in [4.78, 5) is 16.9. The number of thiophene rings is 1. The number of rotatable bonds is 4. The first-order chi connectivity index (χ1) is 9.65. The number of aromatic nitrogens is 4. The van der Waals surface area contributed by atoms with E-state index in [-0.39, 0.29) is 11.7 Å². The highest BCUT2D eigenvalue weighted by Crippen LogP contribution is 2.29. The summed E-state index contributed by atoms with van der Waals surface area (Å²) in [6.45, 7) is 4.32. The molecule has 0 spiro atoms. The summed E-state index contributed by atoms with van der Waals surface area (Å²) in [6, 6.07) is 6.11. The molecule has 0 saturated heterocycles. The average Bonchev–Trinajstić information content (AvgIpc) is 3.06. The standard InChI is InChI=1S/C13H15N5OS/c1-8(2)12(9-4-3-5-20-9)15-10-6-11-16-17-13(19)18(11)7-14-10/h3-8,12,15H,1-2H3,(H,17,19). The maximum Gasteiger partial charge on any atom is 0.348 e. The zero-order chi connectivity index (χ0) is 14.1. The van der Waals surface area contributed by atoms with Crippen molar-refractivity contribution >= 4 is 22.8 Å². The Labute approximate surface area is 119 Å². The van der Waals surface area contributed by atoms with E-state index in [1.54, 1.807) is 17.4 Å². The molecule has 0 aliphatic rings. The predicted molar refractivity (Wildman–Crippen MR) is 79.1 cm³/mol. The van der Waals surface area contributed by atoms with Crippen molar-refractivity contribution < 1.29 is 0 Å². The monoisotopic (exact) mass is 289 g/mol. The number of anilines is 1. The summed E-state index contributed by atoms with van der Waals surface area (Å²) >= 11 is 1.72. The van der Waals surface area contributed by atoms with Crippen molar-refractivity contribution in [1.82, 2.24) is 19.6 Å². The molecule has 0 radical (unpaired) electrons. The fraction of sp³-hybridized carbons (Fsp3) is 0.308. The molecular weight excluding hydrogens is 274 g/mol. The molecule has 0 aliphatic heterocycles. The second kappa shape index (κ2) is 5.09. The molecule has 0 aliphatic carbocycles. The molecular formula is C13H15N5OS. The minimum atomic E-state index is -0.280. The second-order valence-electron chi connectivity index (χ2n) is 4.91. The third-order valence-electron chi connectivity index (χ3n) is 3.13. The number of H-pyrrole nitrogens is 1. The molecule has 1 atom stereocenters. The van der Waals surface area contributed by atoms with Gasteiger partial charge in [-0.15, -0.1) is 11.3 Å². The van der Waals surface area contributed by atoms with Gasteiger partial charge in [-0.3, -0.25) is 0 Å². The van der Waals surface area contributed by atoms with Gasteiger partial charge in [0, 0.05) is 10.9 Å². The Bertz CT molecular complexity index is 759. The zero-order valence-corrected chi connectivity index (χ0v) is 12.0. The highest BCUT2D eigenvalue weighted by molar-refractivity contribution is 7.10. The lowest BCUT2D eigenvalue weighted by atomic mass is 10.0. The number of hydrogen-bond donors (Lipinski definition) is 2. The quantitative estimate of drug-likeness (QED) is 0.772. The van der Waals surface area contributed by atoms with Crippen LogP contribution in [0, 0.1) is 5.92 Å². The maximum atomic E-state index is 11.4. The third-order valence-corrected chi connectivity index (χ3v) is 4.08. The fourth-order valence-corrected chi connectivity index (χ4v) is 3.03. The predicted octanol–water partition coefficient (Wildman–Crippen LogP) is 2.29. The minimum absolute atomic E-state index is 0.190. The van der Waals surface area contributed by atoms with Crippen LogP contribution in [0.3, 0.4) is 0 Å². The van der Waals surface area contributed by atoms with Crippen molar-refractivity contribution in [3.63, 3.8) is 0 Å². The van der Waals surface area contributed by atoms with Gasteiger partial charge >= 0.3 is 5.69 Å². The number of nitrogens with zero attached hydrogens (tertiary/aromatic N) is 3. The van der Waals surface area contributed by atoms with Crippen LogP contribution >= 0.6 is 11.3 Å². The lowest BCUT2D eigenvalue weighted by Gasteiger charge is -2.21. The van der Waals surface area contributed by atoms with Gasteiger partial charge in [0.1, 0.15) is 12.1 Å². The first kappa shape index (κ1) is 12.9. The van der Waals surface area contributed by atoms with Crippen molar-refractivity contribution in [2.24, 2.45) is 5.92 Å². The Morgan fingerprint density at radius 2 is 2.30 bits per heavy atom. The Morgan fingerprint density at radius 1 is 1.45 bits per heavy atom. The van der Waals surface area contributed by atoms with Crippen molar-refractivity contribution in [2.45, 2.75) is 19.9 Å². The molecule has 3 rings (SSSR count). The van der Waals surface area contributed by atoms with Gasteiger partial charge in [-0.25, -0.2) is 19.3 Å². The van der Waals surface area contributed by atoms with E-state index < -0.39 is 0 Å². The van der Waals surface area contributed by atoms with Gasteiger partial charge in [0.15, 0.2) is 5.65 Å². The van der Waals surface area contributed by atoms with Gasteiger partial charge in [0.05, 0.1) is 6.04 Å². The van der Waals surface area contributed by atoms with E-state index in [0.717, 1.165) is 0 Å². The molecule has 0 fully saturated rings. The topological polar surface area (TPSA) is 75.1 Å². The van der Waals surface area contributed by atoms with E-state index in [1.807, 2.05) is 6.07 Å². The first-order valence-electron chi connectivity index (χ1n) is 6.38. The number of aromatic amines is 1. The molecule has 7 heteroatoms. The third kappa shape index (κ3) is 2.32. The van der Waals surface area contributed by atoms with E-state index in [1.165, 1.54) is 15.6 Å². The van der Waals surface area contributed by atoms with Crippen molar-refractivity contribution in [3.8, 4) is 0 Å².